The molecule has 2 aliphatic carbocycles. The lowest BCUT2D eigenvalue weighted by molar-refractivity contribution is -0.139. The van der Waals surface area contributed by atoms with E-state index in [4.69, 9.17) is 4.74 Å². The van der Waals surface area contributed by atoms with Gasteiger partial charge in [-0.2, -0.15) is 13.2 Å². The average molecular weight is 427 g/mol. The van der Waals surface area contributed by atoms with Crippen LogP contribution in [0.3, 0.4) is 0 Å². The van der Waals surface area contributed by atoms with Gasteiger partial charge in [-0.05, 0) is 60.7 Å². The van der Waals surface area contributed by atoms with Crippen LogP contribution in [-0.4, -0.2) is 11.1 Å². The number of aryl methyl sites for hydroxylation is 1. The van der Waals surface area contributed by atoms with Crippen molar-refractivity contribution >= 4 is 21.9 Å². The van der Waals surface area contributed by atoms with E-state index in [1.807, 2.05) is 12.1 Å². The van der Waals surface area contributed by atoms with Crippen LogP contribution in [0.5, 0.6) is 11.5 Å². The molecule has 2 aliphatic rings. The predicted molar refractivity (Wildman–Crippen MR) is 91.4 cm³/mol. The second kappa shape index (κ2) is 5.74. The SMILES string of the molecule is O=C(O)C1CC12CCc1ccc(Oc3ccc(C(F)(F)F)c(Br)c3)cc12. The van der Waals surface area contributed by atoms with Crippen LogP contribution in [0.25, 0.3) is 0 Å². The van der Waals surface area contributed by atoms with Gasteiger partial charge in [0.15, 0.2) is 0 Å². The van der Waals surface area contributed by atoms with E-state index in [9.17, 15) is 23.1 Å². The molecule has 1 spiro atoms. The van der Waals surface area contributed by atoms with E-state index in [0.717, 1.165) is 30.0 Å². The molecule has 2 aromatic rings. The van der Waals surface area contributed by atoms with E-state index in [-0.39, 0.29) is 21.6 Å². The molecule has 0 saturated heterocycles. The minimum absolute atomic E-state index is 0.0896. The van der Waals surface area contributed by atoms with Crippen LogP contribution < -0.4 is 4.74 Å². The van der Waals surface area contributed by atoms with Crippen LogP contribution in [0.1, 0.15) is 29.5 Å². The first kappa shape index (κ1) is 17.4. The molecule has 0 bridgehead atoms. The van der Waals surface area contributed by atoms with Gasteiger partial charge in [-0.3, -0.25) is 4.79 Å². The third-order valence-electron chi connectivity index (χ3n) is 5.31. The molecular weight excluding hydrogens is 413 g/mol. The number of fused-ring (bicyclic) bond motifs is 2. The zero-order chi connectivity index (χ0) is 18.7. The highest BCUT2D eigenvalue weighted by molar-refractivity contribution is 9.10. The number of aliphatic carboxylic acids is 1. The van der Waals surface area contributed by atoms with Gasteiger partial charge >= 0.3 is 12.1 Å². The van der Waals surface area contributed by atoms with Crippen molar-refractivity contribution in [3.63, 3.8) is 0 Å². The number of carboxylic acid groups (broad SMARTS) is 1. The fraction of sp³-hybridized carbons (Fsp3) is 0.316. The molecule has 7 heteroatoms. The van der Waals surface area contributed by atoms with Gasteiger partial charge in [0.2, 0.25) is 0 Å². The van der Waals surface area contributed by atoms with Crippen molar-refractivity contribution in [3.8, 4) is 11.5 Å². The Morgan fingerprint density at radius 3 is 2.50 bits per heavy atom. The summed E-state index contributed by atoms with van der Waals surface area (Å²) in [6, 6.07) is 9.03. The molecule has 1 saturated carbocycles. The molecule has 1 fully saturated rings. The predicted octanol–water partition coefficient (Wildman–Crippen LogP) is 5.55. The number of hydrogen-bond donors (Lipinski definition) is 1. The summed E-state index contributed by atoms with van der Waals surface area (Å²) in [5, 5.41) is 9.30. The monoisotopic (exact) mass is 426 g/mol. The maximum Gasteiger partial charge on any atom is 0.417 e. The summed E-state index contributed by atoms with van der Waals surface area (Å²) in [6.07, 6.45) is -2.15. The zero-order valence-corrected chi connectivity index (χ0v) is 15.0. The number of alkyl halides is 3. The van der Waals surface area contributed by atoms with Gasteiger partial charge in [-0.25, -0.2) is 0 Å². The smallest absolute Gasteiger partial charge is 0.417 e. The summed E-state index contributed by atoms with van der Waals surface area (Å²) < 4.78 is 44.1. The molecular formula is C19H14BrF3O3. The number of rotatable bonds is 3. The van der Waals surface area contributed by atoms with E-state index in [0.29, 0.717) is 12.2 Å². The molecule has 0 amide bonds. The number of benzene rings is 2. The summed E-state index contributed by atoms with van der Waals surface area (Å²) in [5.74, 6) is -0.370. The van der Waals surface area contributed by atoms with Crippen molar-refractivity contribution in [2.45, 2.75) is 30.9 Å². The third-order valence-corrected chi connectivity index (χ3v) is 5.97. The second-order valence-corrected chi connectivity index (χ2v) is 7.67. The molecule has 4 rings (SSSR count). The first-order valence-corrected chi connectivity index (χ1v) is 8.91. The molecule has 136 valence electrons. The van der Waals surface area contributed by atoms with Gasteiger partial charge in [-0.15, -0.1) is 0 Å². The summed E-state index contributed by atoms with van der Waals surface area (Å²) in [4.78, 5) is 11.3. The maximum atomic E-state index is 12.8. The Balaban J connectivity index is 1.61. The topological polar surface area (TPSA) is 46.5 Å². The molecule has 0 aliphatic heterocycles. The zero-order valence-electron chi connectivity index (χ0n) is 13.4. The minimum Gasteiger partial charge on any atom is -0.481 e. The van der Waals surface area contributed by atoms with Gasteiger partial charge in [0.25, 0.3) is 0 Å². The largest absolute Gasteiger partial charge is 0.481 e. The molecule has 2 unspecified atom stereocenters. The van der Waals surface area contributed by atoms with Gasteiger partial charge < -0.3 is 9.84 Å². The fourth-order valence-corrected chi connectivity index (χ4v) is 4.50. The van der Waals surface area contributed by atoms with Crippen molar-refractivity contribution in [1.82, 2.24) is 0 Å². The normalized spacial score (nSPS) is 23.8. The molecule has 26 heavy (non-hydrogen) atoms. The second-order valence-electron chi connectivity index (χ2n) is 6.81. The summed E-state index contributed by atoms with van der Waals surface area (Å²) in [6.45, 7) is 0. The van der Waals surface area contributed by atoms with E-state index >= 15 is 0 Å². The Bertz CT molecular complexity index is 909. The van der Waals surface area contributed by atoms with Crippen LogP contribution in [0.15, 0.2) is 40.9 Å². The third kappa shape index (κ3) is 2.78. The van der Waals surface area contributed by atoms with E-state index in [1.54, 1.807) is 6.07 Å². The Morgan fingerprint density at radius 2 is 1.88 bits per heavy atom. The van der Waals surface area contributed by atoms with Gasteiger partial charge in [0.1, 0.15) is 11.5 Å². The Kier molecular flexibility index (Phi) is 3.84. The number of ether oxygens (including phenoxy) is 1. The Labute approximate surface area is 155 Å². The van der Waals surface area contributed by atoms with E-state index in [2.05, 4.69) is 15.9 Å². The Hall–Kier alpha value is -2.02. The van der Waals surface area contributed by atoms with Gasteiger partial charge in [-0.1, -0.05) is 22.0 Å². The van der Waals surface area contributed by atoms with Crippen LogP contribution in [0.2, 0.25) is 0 Å². The van der Waals surface area contributed by atoms with Crippen LogP contribution in [0, 0.1) is 5.92 Å². The molecule has 3 nitrogen and oxygen atoms in total. The lowest BCUT2D eigenvalue weighted by Gasteiger charge is -2.14. The minimum atomic E-state index is -4.44. The molecule has 2 atom stereocenters. The van der Waals surface area contributed by atoms with Crippen LogP contribution >= 0.6 is 15.9 Å². The molecule has 2 aromatic carbocycles. The molecule has 1 N–H and O–H groups in total. The highest BCUT2D eigenvalue weighted by atomic mass is 79.9. The van der Waals surface area contributed by atoms with Crippen LogP contribution in [-0.2, 0) is 22.8 Å². The quantitative estimate of drug-likeness (QED) is 0.699. The Morgan fingerprint density at radius 1 is 1.19 bits per heavy atom. The molecule has 0 radical (unpaired) electrons. The van der Waals surface area contributed by atoms with Crippen molar-refractivity contribution < 1.29 is 27.8 Å². The van der Waals surface area contributed by atoms with Crippen molar-refractivity contribution in [1.29, 1.82) is 0 Å². The first-order chi connectivity index (χ1) is 12.2. The lowest BCUT2D eigenvalue weighted by atomic mass is 9.95. The lowest BCUT2D eigenvalue weighted by Crippen LogP contribution is -2.11. The number of hydrogen-bond acceptors (Lipinski definition) is 2. The van der Waals surface area contributed by atoms with Crippen molar-refractivity contribution in [2.75, 3.05) is 0 Å². The standard InChI is InChI=1S/C19H14BrF3O3/c20-16-8-12(3-4-13(16)19(21,22)23)26-11-2-1-10-5-6-18(14(10)7-11)9-15(18)17(24)25/h1-4,7-8,15H,5-6,9H2,(H,24,25). The van der Waals surface area contributed by atoms with E-state index < -0.39 is 17.7 Å². The highest BCUT2D eigenvalue weighted by Crippen LogP contribution is 2.62. The average Bonchev–Trinajstić information content (AvgIpc) is 3.18. The maximum absolute atomic E-state index is 12.8. The number of carbonyl (C=O) groups is 1. The van der Waals surface area contributed by atoms with Crippen molar-refractivity contribution in [2.24, 2.45) is 5.92 Å². The first-order valence-electron chi connectivity index (χ1n) is 8.11. The molecule has 0 aromatic heterocycles. The number of carboxylic acids is 1. The van der Waals surface area contributed by atoms with Crippen molar-refractivity contribution in [3.05, 3.63) is 57.6 Å². The summed E-state index contributed by atoms with van der Waals surface area (Å²) >= 11 is 2.93. The number of halogens is 4. The molecule has 0 heterocycles. The fourth-order valence-electron chi connectivity index (χ4n) is 3.92. The summed E-state index contributed by atoms with van der Waals surface area (Å²) in [7, 11) is 0. The van der Waals surface area contributed by atoms with Gasteiger partial charge in [0.05, 0.1) is 11.5 Å². The van der Waals surface area contributed by atoms with E-state index in [1.165, 1.54) is 12.1 Å². The van der Waals surface area contributed by atoms with Gasteiger partial charge in [0, 0.05) is 9.89 Å². The van der Waals surface area contributed by atoms with Crippen LogP contribution in [0.4, 0.5) is 13.2 Å². The highest BCUT2D eigenvalue weighted by Gasteiger charge is 2.61. The summed E-state index contributed by atoms with van der Waals surface area (Å²) in [5.41, 5.74) is 1.05.